The van der Waals surface area contributed by atoms with E-state index in [9.17, 15) is 4.79 Å². The van der Waals surface area contributed by atoms with E-state index in [-0.39, 0.29) is 5.78 Å². The molecule has 3 heteroatoms. The first kappa shape index (κ1) is 12.5. The summed E-state index contributed by atoms with van der Waals surface area (Å²) in [5, 5.41) is 7.10. The lowest BCUT2D eigenvalue weighted by Crippen LogP contribution is -1.99. The van der Waals surface area contributed by atoms with Gasteiger partial charge in [0, 0.05) is 11.1 Å². The summed E-state index contributed by atoms with van der Waals surface area (Å²) in [6.07, 6.45) is 1.25. The predicted molar refractivity (Wildman–Crippen MR) is 66.1 cm³/mol. The van der Waals surface area contributed by atoms with Gasteiger partial charge in [0.15, 0.2) is 12.0 Å². The zero-order valence-electron chi connectivity index (χ0n) is 9.21. The molecule has 0 radical (unpaired) electrons. The maximum atomic E-state index is 11.8. The van der Waals surface area contributed by atoms with Gasteiger partial charge in [0.1, 0.15) is 0 Å². The number of hydrogen-bond donors (Lipinski definition) is 1. The van der Waals surface area contributed by atoms with Gasteiger partial charge in [0.25, 0.3) is 0 Å². The van der Waals surface area contributed by atoms with Crippen molar-refractivity contribution in [3.05, 3.63) is 71.8 Å². The molecule has 3 nitrogen and oxygen atoms in total. The number of carbonyl (C=O) groups is 1. The summed E-state index contributed by atoms with van der Waals surface area (Å²) in [6, 6.07) is 18.6. The van der Waals surface area contributed by atoms with Crippen LogP contribution in [0.5, 0.6) is 0 Å². The summed E-state index contributed by atoms with van der Waals surface area (Å²) < 4.78 is 0. The normalized spacial score (nSPS) is 8.41. The highest BCUT2D eigenvalue weighted by molar-refractivity contribution is 6.08. The van der Waals surface area contributed by atoms with E-state index < -0.39 is 0 Å². The van der Waals surface area contributed by atoms with E-state index in [1.807, 2.05) is 60.7 Å². The van der Waals surface area contributed by atoms with Gasteiger partial charge in [-0.05, 0) is 0 Å². The molecule has 0 atom stereocenters. The molecule has 2 rings (SSSR count). The quantitative estimate of drug-likeness (QED) is 0.483. The lowest BCUT2D eigenvalue weighted by atomic mass is 10.0. The van der Waals surface area contributed by atoms with Crippen molar-refractivity contribution in [3.8, 4) is 6.19 Å². The molecule has 2 aromatic carbocycles. The third-order valence-electron chi connectivity index (χ3n) is 2.07. The molecule has 0 bridgehead atoms. The summed E-state index contributed by atoms with van der Waals surface area (Å²) in [5.74, 6) is 0.0752. The lowest BCUT2D eigenvalue weighted by molar-refractivity contribution is 0.103. The highest BCUT2D eigenvalue weighted by atomic mass is 16.1. The number of benzene rings is 2. The molecule has 0 fully saturated rings. The van der Waals surface area contributed by atoms with Gasteiger partial charge in [-0.3, -0.25) is 4.79 Å². The van der Waals surface area contributed by atoms with E-state index in [4.69, 9.17) is 5.26 Å². The summed E-state index contributed by atoms with van der Waals surface area (Å²) >= 11 is 0. The Morgan fingerprint density at radius 3 is 1.47 bits per heavy atom. The van der Waals surface area contributed by atoms with E-state index >= 15 is 0 Å². The predicted octanol–water partition coefficient (Wildman–Crippen LogP) is 2.34. The van der Waals surface area contributed by atoms with Gasteiger partial charge in [-0.15, -0.1) is 0 Å². The first-order chi connectivity index (χ1) is 8.29. The average Bonchev–Trinajstić information content (AvgIpc) is 2.41. The van der Waals surface area contributed by atoms with Crippen molar-refractivity contribution in [2.24, 2.45) is 5.73 Å². The maximum absolute atomic E-state index is 11.8. The molecule has 0 aliphatic heterocycles. The van der Waals surface area contributed by atoms with E-state index in [0.29, 0.717) is 0 Å². The number of carbonyl (C=O) groups excluding carboxylic acids is 1. The van der Waals surface area contributed by atoms with Crippen LogP contribution in [-0.4, -0.2) is 5.78 Å². The number of rotatable bonds is 2. The molecule has 0 saturated carbocycles. The van der Waals surface area contributed by atoms with Crippen molar-refractivity contribution >= 4 is 5.78 Å². The second-order valence-electron chi connectivity index (χ2n) is 3.19. The van der Waals surface area contributed by atoms with Gasteiger partial charge < -0.3 is 5.73 Å². The largest absolute Gasteiger partial charge is 0.337 e. The fraction of sp³-hybridized carbons (Fsp3) is 0. The second-order valence-corrected chi connectivity index (χ2v) is 3.19. The van der Waals surface area contributed by atoms with Crippen molar-refractivity contribution in [1.29, 1.82) is 5.26 Å². The highest BCUT2D eigenvalue weighted by Crippen LogP contribution is 2.08. The lowest BCUT2D eigenvalue weighted by Gasteiger charge is -1.99. The average molecular weight is 224 g/mol. The van der Waals surface area contributed by atoms with Crippen molar-refractivity contribution in [2.45, 2.75) is 0 Å². The Morgan fingerprint density at radius 1 is 0.882 bits per heavy atom. The van der Waals surface area contributed by atoms with Crippen LogP contribution < -0.4 is 5.73 Å². The third-order valence-corrected chi connectivity index (χ3v) is 2.07. The highest BCUT2D eigenvalue weighted by Gasteiger charge is 2.06. The molecule has 0 amide bonds. The van der Waals surface area contributed by atoms with Crippen LogP contribution in [0.1, 0.15) is 15.9 Å². The molecule has 0 heterocycles. The van der Waals surface area contributed by atoms with Crippen LogP contribution in [0.2, 0.25) is 0 Å². The molecule has 84 valence electrons. The molecule has 0 aliphatic carbocycles. The Bertz CT molecular complexity index is 459. The molecule has 0 saturated heterocycles. The van der Waals surface area contributed by atoms with Gasteiger partial charge >= 0.3 is 0 Å². The summed E-state index contributed by atoms with van der Waals surface area (Å²) in [4.78, 5) is 11.8. The van der Waals surface area contributed by atoms with Crippen LogP contribution in [0.25, 0.3) is 0 Å². The zero-order chi connectivity index (χ0) is 12.5. The maximum Gasteiger partial charge on any atom is 0.193 e. The summed E-state index contributed by atoms with van der Waals surface area (Å²) in [7, 11) is 0. The van der Waals surface area contributed by atoms with Gasteiger partial charge in [-0.25, -0.2) is 0 Å². The minimum Gasteiger partial charge on any atom is -0.337 e. The number of nitriles is 1. The van der Waals surface area contributed by atoms with Crippen LogP contribution >= 0.6 is 0 Å². The Morgan fingerprint density at radius 2 is 1.18 bits per heavy atom. The number of nitrogens with zero attached hydrogens (tertiary/aromatic N) is 1. The topological polar surface area (TPSA) is 66.9 Å². The van der Waals surface area contributed by atoms with Crippen LogP contribution in [0, 0.1) is 11.5 Å². The molecular formula is C14H12N2O. The fourth-order valence-electron chi connectivity index (χ4n) is 1.35. The van der Waals surface area contributed by atoms with Crippen molar-refractivity contribution in [2.75, 3.05) is 0 Å². The minimum atomic E-state index is 0.0752. The van der Waals surface area contributed by atoms with Crippen molar-refractivity contribution in [3.63, 3.8) is 0 Å². The zero-order valence-corrected chi connectivity index (χ0v) is 9.21. The third kappa shape index (κ3) is 3.80. The fourth-order valence-corrected chi connectivity index (χ4v) is 1.35. The number of ketones is 1. The Kier molecular flexibility index (Phi) is 4.99. The molecule has 17 heavy (non-hydrogen) atoms. The molecule has 0 aromatic heterocycles. The van der Waals surface area contributed by atoms with E-state index in [0.717, 1.165) is 11.1 Å². The van der Waals surface area contributed by atoms with E-state index in [2.05, 4.69) is 5.73 Å². The Labute approximate surface area is 100 Å². The van der Waals surface area contributed by atoms with Crippen LogP contribution in [0.4, 0.5) is 0 Å². The monoisotopic (exact) mass is 224 g/mol. The van der Waals surface area contributed by atoms with Crippen LogP contribution in [0.15, 0.2) is 60.7 Å². The number of hydrogen-bond acceptors (Lipinski definition) is 3. The van der Waals surface area contributed by atoms with Gasteiger partial charge in [-0.2, -0.15) is 5.26 Å². The van der Waals surface area contributed by atoms with Crippen LogP contribution in [0.3, 0.4) is 0 Å². The molecule has 0 spiro atoms. The Balaban J connectivity index is 0.000000437. The summed E-state index contributed by atoms with van der Waals surface area (Å²) in [6.45, 7) is 0. The van der Waals surface area contributed by atoms with Crippen molar-refractivity contribution in [1.82, 2.24) is 0 Å². The molecule has 2 aromatic rings. The Hall–Kier alpha value is -2.60. The van der Waals surface area contributed by atoms with Crippen molar-refractivity contribution < 1.29 is 4.79 Å². The van der Waals surface area contributed by atoms with Gasteiger partial charge in [0.05, 0.1) is 0 Å². The van der Waals surface area contributed by atoms with Crippen LogP contribution in [-0.2, 0) is 0 Å². The smallest absolute Gasteiger partial charge is 0.193 e. The second kappa shape index (κ2) is 6.81. The SMILES string of the molecule is N#CN.O=C(c1ccccc1)c1ccccc1. The number of nitrogens with two attached hydrogens (primary N) is 1. The summed E-state index contributed by atoms with van der Waals surface area (Å²) in [5.41, 5.74) is 5.62. The van der Waals surface area contributed by atoms with E-state index in [1.165, 1.54) is 6.19 Å². The molecule has 0 aliphatic rings. The molecule has 0 unspecified atom stereocenters. The van der Waals surface area contributed by atoms with Gasteiger partial charge in [0.2, 0.25) is 0 Å². The molecular weight excluding hydrogens is 212 g/mol. The first-order valence-corrected chi connectivity index (χ1v) is 5.04. The molecule has 2 N–H and O–H groups in total. The minimum absolute atomic E-state index is 0.0752. The van der Waals surface area contributed by atoms with E-state index in [1.54, 1.807) is 0 Å². The standard InChI is InChI=1S/C13H10O.CH2N2/c14-13(11-7-3-1-4-8-11)12-9-5-2-6-10-12;2-1-3/h1-10H;2H2. The first-order valence-electron chi connectivity index (χ1n) is 5.04. The van der Waals surface area contributed by atoms with Gasteiger partial charge in [-0.1, -0.05) is 60.7 Å².